The van der Waals surface area contributed by atoms with Gasteiger partial charge < -0.3 is 5.32 Å². The molecule has 0 aromatic heterocycles. The second-order valence-corrected chi connectivity index (χ2v) is 7.75. The summed E-state index contributed by atoms with van der Waals surface area (Å²) in [7, 11) is 0. The molecule has 0 fully saturated rings. The van der Waals surface area contributed by atoms with E-state index in [9.17, 15) is 9.59 Å². The molecule has 166 valence electrons. The lowest BCUT2D eigenvalue weighted by Gasteiger charge is -2.20. The zero-order chi connectivity index (χ0) is 23.3. The number of hydrogen-bond donors (Lipinski definition) is 1. The van der Waals surface area contributed by atoms with Crippen LogP contribution in [0.2, 0.25) is 0 Å². The van der Waals surface area contributed by atoms with Crippen LogP contribution in [0.3, 0.4) is 0 Å². The fourth-order valence-corrected chi connectivity index (χ4v) is 3.88. The summed E-state index contributed by atoms with van der Waals surface area (Å²) in [6.07, 6.45) is 0. The van der Waals surface area contributed by atoms with Gasteiger partial charge in [0.15, 0.2) is 5.71 Å². The van der Waals surface area contributed by atoms with Crippen molar-refractivity contribution in [2.45, 2.75) is 0 Å². The largest absolute Gasteiger partial charge is 0.325 e. The SMILES string of the molecule is O=C(CN1C(=O)C(=NN(c2ccccc2)c2ccccc2)c2ccccc21)Nc1ccccc1. The maximum atomic E-state index is 13.5. The first-order valence-corrected chi connectivity index (χ1v) is 11.0. The van der Waals surface area contributed by atoms with Crippen LogP contribution in [0.5, 0.6) is 0 Å². The molecular formula is C28H22N4O2. The lowest BCUT2D eigenvalue weighted by molar-refractivity contribution is -0.118. The maximum absolute atomic E-state index is 13.5. The molecule has 4 aromatic rings. The summed E-state index contributed by atoms with van der Waals surface area (Å²) >= 11 is 0. The Morgan fingerprint density at radius 1 is 0.735 bits per heavy atom. The molecule has 5 rings (SSSR count). The molecule has 0 spiro atoms. The van der Waals surface area contributed by atoms with Crippen molar-refractivity contribution in [3.63, 3.8) is 0 Å². The van der Waals surface area contributed by atoms with Crippen LogP contribution in [-0.2, 0) is 9.59 Å². The topological polar surface area (TPSA) is 65.0 Å². The van der Waals surface area contributed by atoms with E-state index < -0.39 is 0 Å². The molecule has 6 nitrogen and oxygen atoms in total. The van der Waals surface area contributed by atoms with Gasteiger partial charge in [0.25, 0.3) is 5.91 Å². The smallest absolute Gasteiger partial charge is 0.279 e. The number of carbonyl (C=O) groups excluding carboxylic acids is 2. The standard InChI is InChI=1S/C28H22N4O2/c33-26(29-21-12-4-1-5-13-21)20-31-25-19-11-10-18-24(25)27(28(31)34)30-32(22-14-6-2-7-15-22)23-16-8-3-9-17-23/h1-19H,20H2,(H,29,33). The summed E-state index contributed by atoms with van der Waals surface area (Å²) < 4.78 is 0. The van der Waals surface area contributed by atoms with E-state index in [0.717, 1.165) is 11.4 Å². The second-order valence-electron chi connectivity index (χ2n) is 7.75. The van der Waals surface area contributed by atoms with E-state index in [0.29, 0.717) is 16.9 Å². The minimum absolute atomic E-state index is 0.111. The molecule has 0 radical (unpaired) electrons. The summed E-state index contributed by atoms with van der Waals surface area (Å²) in [5.74, 6) is -0.597. The molecule has 0 bridgehead atoms. The van der Waals surface area contributed by atoms with Crippen molar-refractivity contribution in [1.82, 2.24) is 0 Å². The summed E-state index contributed by atoms with van der Waals surface area (Å²) in [6, 6.07) is 35.9. The Morgan fingerprint density at radius 2 is 1.26 bits per heavy atom. The Kier molecular flexibility index (Phi) is 5.86. The summed E-state index contributed by atoms with van der Waals surface area (Å²) in [5, 5.41) is 9.40. The van der Waals surface area contributed by atoms with Crippen LogP contribution < -0.4 is 15.2 Å². The molecule has 0 atom stereocenters. The van der Waals surface area contributed by atoms with Gasteiger partial charge in [-0.1, -0.05) is 72.8 Å². The first-order valence-electron chi connectivity index (χ1n) is 11.0. The zero-order valence-electron chi connectivity index (χ0n) is 18.3. The molecule has 34 heavy (non-hydrogen) atoms. The molecule has 0 saturated carbocycles. The van der Waals surface area contributed by atoms with Crippen LogP contribution in [0.4, 0.5) is 22.7 Å². The summed E-state index contributed by atoms with van der Waals surface area (Å²) in [4.78, 5) is 27.8. The highest BCUT2D eigenvalue weighted by molar-refractivity contribution is 6.55. The second kappa shape index (κ2) is 9.42. The number of amides is 2. The van der Waals surface area contributed by atoms with E-state index in [4.69, 9.17) is 5.10 Å². The number of rotatable bonds is 6. The molecule has 1 aliphatic heterocycles. The van der Waals surface area contributed by atoms with Gasteiger partial charge in [-0.3, -0.25) is 14.5 Å². The number of fused-ring (bicyclic) bond motifs is 1. The molecule has 0 aliphatic carbocycles. The van der Waals surface area contributed by atoms with E-state index in [1.165, 1.54) is 4.90 Å². The van der Waals surface area contributed by atoms with Gasteiger partial charge in [-0.25, -0.2) is 5.01 Å². The van der Waals surface area contributed by atoms with Gasteiger partial charge in [0.2, 0.25) is 5.91 Å². The quantitative estimate of drug-likeness (QED) is 0.413. The van der Waals surface area contributed by atoms with Crippen LogP contribution in [-0.4, -0.2) is 24.1 Å². The maximum Gasteiger partial charge on any atom is 0.279 e. The van der Waals surface area contributed by atoms with Gasteiger partial charge in [-0.15, -0.1) is 0 Å². The van der Waals surface area contributed by atoms with Crippen molar-refractivity contribution in [2.24, 2.45) is 5.10 Å². The average molecular weight is 447 g/mol. The minimum atomic E-state index is -0.318. The number of carbonyl (C=O) groups is 2. The highest BCUT2D eigenvalue weighted by Gasteiger charge is 2.35. The Bertz CT molecular complexity index is 1300. The van der Waals surface area contributed by atoms with Crippen molar-refractivity contribution in [3.05, 3.63) is 121 Å². The molecule has 4 aromatic carbocycles. The number of benzene rings is 4. The predicted molar refractivity (Wildman–Crippen MR) is 135 cm³/mol. The van der Waals surface area contributed by atoms with E-state index in [2.05, 4.69) is 5.32 Å². The number of para-hydroxylation sites is 4. The first kappa shape index (κ1) is 21.2. The molecular weight excluding hydrogens is 424 g/mol. The van der Waals surface area contributed by atoms with Crippen molar-refractivity contribution in [2.75, 3.05) is 21.8 Å². The molecule has 0 unspecified atom stereocenters. The van der Waals surface area contributed by atoms with Crippen LogP contribution in [0.15, 0.2) is 120 Å². The van der Waals surface area contributed by atoms with Crippen molar-refractivity contribution < 1.29 is 9.59 Å². The van der Waals surface area contributed by atoms with Gasteiger partial charge >= 0.3 is 0 Å². The van der Waals surface area contributed by atoms with Crippen molar-refractivity contribution >= 4 is 40.3 Å². The van der Waals surface area contributed by atoms with Crippen LogP contribution >= 0.6 is 0 Å². The molecule has 1 N–H and O–H groups in total. The molecule has 2 amide bonds. The third-order valence-corrected chi connectivity index (χ3v) is 5.46. The molecule has 0 saturated heterocycles. The Balaban J connectivity index is 1.50. The Hall–Kier alpha value is -4.71. The van der Waals surface area contributed by atoms with E-state index in [1.54, 1.807) is 5.01 Å². The van der Waals surface area contributed by atoms with Gasteiger partial charge in [0.1, 0.15) is 6.54 Å². The van der Waals surface area contributed by atoms with Crippen LogP contribution in [0, 0.1) is 0 Å². The number of nitrogens with zero attached hydrogens (tertiary/aromatic N) is 3. The monoisotopic (exact) mass is 446 g/mol. The number of hydrogen-bond acceptors (Lipinski definition) is 4. The van der Waals surface area contributed by atoms with E-state index in [-0.39, 0.29) is 24.1 Å². The number of hydrazone groups is 1. The van der Waals surface area contributed by atoms with Gasteiger partial charge in [0, 0.05) is 11.3 Å². The zero-order valence-corrected chi connectivity index (χ0v) is 18.3. The van der Waals surface area contributed by atoms with E-state index >= 15 is 0 Å². The molecule has 1 aliphatic rings. The number of anilines is 4. The highest BCUT2D eigenvalue weighted by atomic mass is 16.2. The Labute approximate surface area is 197 Å². The summed E-state index contributed by atoms with van der Waals surface area (Å²) in [6.45, 7) is -0.111. The van der Waals surface area contributed by atoms with Crippen molar-refractivity contribution in [3.8, 4) is 0 Å². The third kappa shape index (κ3) is 4.29. The highest BCUT2D eigenvalue weighted by Crippen LogP contribution is 2.32. The van der Waals surface area contributed by atoms with Gasteiger partial charge in [-0.05, 0) is 42.5 Å². The lowest BCUT2D eigenvalue weighted by atomic mass is 10.1. The Morgan fingerprint density at radius 3 is 1.88 bits per heavy atom. The van der Waals surface area contributed by atoms with Crippen molar-refractivity contribution in [1.29, 1.82) is 0 Å². The average Bonchev–Trinajstić information content (AvgIpc) is 3.14. The first-order chi connectivity index (χ1) is 16.7. The van der Waals surface area contributed by atoms with Crippen LogP contribution in [0.1, 0.15) is 5.56 Å². The fraction of sp³-hybridized carbons (Fsp3) is 0.0357. The summed E-state index contributed by atoms with van der Waals surface area (Å²) in [5.41, 5.74) is 3.97. The number of nitrogens with one attached hydrogen (secondary N) is 1. The molecule has 1 heterocycles. The van der Waals surface area contributed by atoms with E-state index in [1.807, 2.05) is 115 Å². The lowest BCUT2D eigenvalue weighted by Crippen LogP contribution is -2.37. The normalized spacial score (nSPS) is 13.6. The van der Waals surface area contributed by atoms with Gasteiger partial charge in [-0.2, -0.15) is 5.10 Å². The van der Waals surface area contributed by atoms with Gasteiger partial charge in [0.05, 0.1) is 17.1 Å². The predicted octanol–water partition coefficient (Wildman–Crippen LogP) is 5.21. The molecule has 6 heteroatoms. The minimum Gasteiger partial charge on any atom is -0.325 e. The van der Waals surface area contributed by atoms with Crippen LogP contribution in [0.25, 0.3) is 0 Å². The fourth-order valence-electron chi connectivity index (χ4n) is 3.88. The third-order valence-electron chi connectivity index (χ3n) is 5.46.